The molecular weight excluding hydrogens is 370 g/mol. The lowest BCUT2D eigenvalue weighted by atomic mass is 10.2. The Morgan fingerprint density at radius 1 is 1.11 bits per heavy atom. The van der Waals surface area contributed by atoms with E-state index in [4.69, 9.17) is 20.6 Å². The minimum atomic E-state index is -0.102. The highest BCUT2D eigenvalue weighted by atomic mass is 35.5. The van der Waals surface area contributed by atoms with Gasteiger partial charge in [-0.25, -0.2) is 0 Å². The minimum Gasteiger partial charge on any atom is -0.361 e. The number of hydrogen-bond donors (Lipinski definition) is 0. The number of hydrogen-bond acceptors (Lipinski definition) is 7. The van der Waals surface area contributed by atoms with Crippen LogP contribution in [0.15, 0.2) is 39.4 Å². The fourth-order valence-electron chi connectivity index (χ4n) is 2.96. The zero-order valence-electron chi connectivity index (χ0n) is 14.8. The molecule has 3 aromatic rings. The summed E-state index contributed by atoms with van der Waals surface area (Å²) in [6.45, 7) is 4.99. The van der Waals surface area contributed by atoms with Gasteiger partial charge in [0.15, 0.2) is 5.69 Å². The van der Waals surface area contributed by atoms with Crippen molar-refractivity contribution in [3.63, 3.8) is 0 Å². The minimum absolute atomic E-state index is 0.102. The van der Waals surface area contributed by atoms with Crippen molar-refractivity contribution in [2.75, 3.05) is 26.2 Å². The Kier molecular flexibility index (Phi) is 4.91. The molecule has 4 rings (SSSR count). The number of aryl methyl sites for hydroxylation is 1. The fourth-order valence-corrected chi connectivity index (χ4v) is 3.09. The lowest BCUT2D eigenvalue weighted by Crippen LogP contribution is -2.48. The average molecular weight is 388 g/mol. The number of rotatable bonds is 4. The summed E-state index contributed by atoms with van der Waals surface area (Å²) in [6.07, 6.45) is 0. The molecule has 1 amide bonds. The summed E-state index contributed by atoms with van der Waals surface area (Å²) in [4.78, 5) is 20.8. The maximum absolute atomic E-state index is 12.4. The summed E-state index contributed by atoms with van der Waals surface area (Å²) in [6, 6.07) is 8.95. The molecule has 0 aliphatic carbocycles. The highest BCUT2D eigenvalue weighted by molar-refractivity contribution is 6.30. The van der Waals surface area contributed by atoms with Crippen molar-refractivity contribution < 1.29 is 13.8 Å². The summed E-state index contributed by atoms with van der Waals surface area (Å²) in [5.74, 6) is 1.61. The lowest BCUT2D eigenvalue weighted by Gasteiger charge is -2.33. The van der Waals surface area contributed by atoms with E-state index in [9.17, 15) is 4.79 Å². The van der Waals surface area contributed by atoms with Crippen molar-refractivity contribution in [3.8, 4) is 11.4 Å². The van der Waals surface area contributed by atoms with E-state index < -0.39 is 0 Å². The van der Waals surface area contributed by atoms with Gasteiger partial charge < -0.3 is 13.9 Å². The summed E-state index contributed by atoms with van der Waals surface area (Å²) >= 11 is 5.90. The third-order valence-electron chi connectivity index (χ3n) is 4.44. The number of nitrogens with zero attached hydrogens (tertiary/aromatic N) is 5. The van der Waals surface area contributed by atoms with E-state index in [1.54, 1.807) is 30.0 Å². The van der Waals surface area contributed by atoms with Crippen LogP contribution in [0, 0.1) is 6.92 Å². The smallest absolute Gasteiger partial charge is 0.276 e. The molecule has 0 bridgehead atoms. The molecule has 1 saturated heterocycles. The van der Waals surface area contributed by atoms with Crippen LogP contribution in [0.1, 0.15) is 22.1 Å². The molecule has 140 valence electrons. The molecular formula is C18H18ClN5O3. The van der Waals surface area contributed by atoms with Gasteiger partial charge in [0.05, 0.1) is 6.54 Å². The molecule has 1 aliphatic heterocycles. The molecule has 0 atom stereocenters. The Balaban J connectivity index is 1.33. The molecule has 0 radical (unpaired) electrons. The van der Waals surface area contributed by atoms with Crippen molar-refractivity contribution in [1.29, 1.82) is 0 Å². The number of amides is 1. The second-order valence-corrected chi connectivity index (χ2v) is 6.85. The van der Waals surface area contributed by atoms with Crippen LogP contribution >= 0.6 is 11.6 Å². The highest BCUT2D eigenvalue weighted by Gasteiger charge is 2.25. The largest absolute Gasteiger partial charge is 0.361 e. The van der Waals surface area contributed by atoms with E-state index in [0.717, 1.165) is 18.7 Å². The molecule has 27 heavy (non-hydrogen) atoms. The molecule has 0 saturated carbocycles. The molecule has 9 heteroatoms. The quantitative estimate of drug-likeness (QED) is 0.679. The van der Waals surface area contributed by atoms with E-state index >= 15 is 0 Å². The number of halogens is 1. The second kappa shape index (κ2) is 7.50. The van der Waals surface area contributed by atoms with Gasteiger partial charge in [-0.15, -0.1) is 0 Å². The van der Waals surface area contributed by atoms with Gasteiger partial charge in [-0.05, 0) is 31.2 Å². The fraction of sp³-hybridized carbons (Fsp3) is 0.333. The van der Waals surface area contributed by atoms with Crippen molar-refractivity contribution in [3.05, 3.63) is 52.7 Å². The molecule has 0 spiro atoms. The third-order valence-corrected chi connectivity index (χ3v) is 4.69. The second-order valence-electron chi connectivity index (χ2n) is 6.41. The Bertz CT molecular complexity index is 929. The van der Waals surface area contributed by atoms with E-state index in [-0.39, 0.29) is 5.91 Å². The summed E-state index contributed by atoms with van der Waals surface area (Å²) in [7, 11) is 0. The van der Waals surface area contributed by atoms with Gasteiger partial charge in [-0.2, -0.15) is 4.98 Å². The van der Waals surface area contributed by atoms with Crippen LogP contribution < -0.4 is 0 Å². The van der Waals surface area contributed by atoms with Gasteiger partial charge in [0.1, 0.15) is 5.76 Å². The summed E-state index contributed by atoms with van der Waals surface area (Å²) < 4.78 is 10.3. The van der Waals surface area contributed by atoms with Crippen LogP contribution in [0.3, 0.4) is 0 Å². The van der Waals surface area contributed by atoms with Gasteiger partial charge in [0.25, 0.3) is 5.91 Å². The van der Waals surface area contributed by atoms with Gasteiger partial charge in [-0.1, -0.05) is 21.9 Å². The SMILES string of the molecule is Cc1cc(C(=O)N2CCN(Cc3nc(-c4ccc(Cl)cc4)no3)CC2)no1. The van der Waals surface area contributed by atoms with Crippen LogP contribution in [-0.2, 0) is 6.54 Å². The lowest BCUT2D eigenvalue weighted by molar-refractivity contribution is 0.0605. The highest BCUT2D eigenvalue weighted by Crippen LogP contribution is 2.19. The first kappa shape index (κ1) is 17.7. The molecule has 8 nitrogen and oxygen atoms in total. The first-order chi connectivity index (χ1) is 13.1. The zero-order valence-corrected chi connectivity index (χ0v) is 15.5. The predicted octanol–water partition coefficient (Wildman–Crippen LogP) is 2.64. The number of aromatic nitrogens is 3. The molecule has 1 aromatic carbocycles. The van der Waals surface area contributed by atoms with Gasteiger partial charge in [-0.3, -0.25) is 9.69 Å². The van der Waals surface area contributed by atoms with Crippen molar-refractivity contribution >= 4 is 17.5 Å². The Morgan fingerprint density at radius 3 is 2.52 bits per heavy atom. The van der Waals surface area contributed by atoms with Crippen LogP contribution in [0.4, 0.5) is 0 Å². The Labute approximate surface area is 160 Å². The van der Waals surface area contributed by atoms with Gasteiger partial charge in [0.2, 0.25) is 11.7 Å². The average Bonchev–Trinajstić information content (AvgIpc) is 3.32. The maximum Gasteiger partial charge on any atom is 0.276 e. The Hall–Kier alpha value is -2.71. The van der Waals surface area contributed by atoms with Gasteiger partial charge in [0, 0.05) is 42.8 Å². The van der Waals surface area contributed by atoms with E-state index in [1.807, 2.05) is 12.1 Å². The van der Waals surface area contributed by atoms with Crippen LogP contribution in [-0.4, -0.2) is 57.2 Å². The van der Waals surface area contributed by atoms with E-state index in [1.165, 1.54) is 0 Å². The maximum atomic E-state index is 12.4. The Morgan fingerprint density at radius 2 is 1.85 bits per heavy atom. The third kappa shape index (κ3) is 4.01. The zero-order chi connectivity index (χ0) is 18.8. The molecule has 2 aromatic heterocycles. The molecule has 0 N–H and O–H groups in total. The van der Waals surface area contributed by atoms with Crippen LogP contribution in [0.2, 0.25) is 5.02 Å². The molecule has 3 heterocycles. The number of benzene rings is 1. The molecule has 1 aliphatic rings. The van der Waals surface area contributed by atoms with Crippen molar-refractivity contribution in [2.24, 2.45) is 0 Å². The monoisotopic (exact) mass is 387 g/mol. The summed E-state index contributed by atoms with van der Waals surface area (Å²) in [5, 5.41) is 8.48. The topological polar surface area (TPSA) is 88.5 Å². The van der Waals surface area contributed by atoms with E-state index in [2.05, 4.69) is 20.2 Å². The first-order valence-electron chi connectivity index (χ1n) is 8.62. The number of carbonyl (C=O) groups is 1. The standard InChI is InChI=1S/C18H18ClN5O3/c1-12-10-15(21-26-12)18(25)24-8-6-23(7-9-24)11-16-20-17(22-27-16)13-2-4-14(19)5-3-13/h2-5,10H,6-9,11H2,1H3. The number of carbonyl (C=O) groups excluding carboxylic acids is 1. The summed E-state index contributed by atoms with van der Waals surface area (Å²) in [5.41, 5.74) is 1.21. The van der Waals surface area contributed by atoms with Crippen LogP contribution in [0.25, 0.3) is 11.4 Å². The van der Waals surface area contributed by atoms with Gasteiger partial charge >= 0.3 is 0 Å². The number of piperazine rings is 1. The first-order valence-corrected chi connectivity index (χ1v) is 9.00. The van der Waals surface area contributed by atoms with Crippen molar-refractivity contribution in [1.82, 2.24) is 25.1 Å². The van der Waals surface area contributed by atoms with E-state index in [0.29, 0.717) is 47.8 Å². The van der Waals surface area contributed by atoms with Crippen LogP contribution in [0.5, 0.6) is 0 Å². The van der Waals surface area contributed by atoms with Crippen molar-refractivity contribution in [2.45, 2.75) is 13.5 Å². The predicted molar refractivity (Wildman–Crippen MR) is 97.2 cm³/mol. The normalized spacial score (nSPS) is 15.3. The molecule has 1 fully saturated rings. The molecule has 0 unspecified atom stereocenters.